The first-order chi connectivity index (χ1) is 15.8. The summed E-state index contributed by atoms with van der Waals surface area (Å²) in [5, 5.41) is 0. The van der Waals surface area contributed by atoms with Crippen molar-refractivity contribution in [3.8, 4) is 11.4 Å². The first-order valence-electron chi connectivity index (χ1n) is 13.7. The van der Waals surface area contributed by atoms with E-state index in [4.69, 9.17) is 0 Å². The second-order valence-electron chi connectivity index (χ2n) is 10.2. The van der Waals surface area contributed by atoms with Gasteiger partial charge < -0.3 is 0 Å². The van der Waals surface area contributed by atoms with Crippen molar-refractivity contribution in [1.82, 2.24) is 9.97 Å². The maximum atomic E-state index is 4.67. The van der Waals surface area contributed by atoms with Crippen molar-refractivity contribution in [2.45, 2.75) is 117 Å². The van der Waals surface area contributed by atoms with E-state index in [2.05, 4.69) is 60.5 Å². The molecule has 0 aliphatic heterocycles. The third-order valence-corrected chi connectivity index (χ3v) is 7.51. The topological polar surface area (TPSA) is 25.8 Å². The van der Waals surface area contributed by atoms with Crippen LogP contribution < -0.4 is 0 Å². The van der Waals surface area contributed by atoms with Crippen molar-refractivity contribution < 1.29 is 0 Å². The van der Waals surface area contributed by atoms with Crippen molar-refractivity contribution in [2.75, 3.05) is 0 Å². The van der Waals surface area contributed by atoms with Gasteiger partial charge in [-0.2, -0.15) is 0 Å². The Labute approximate surface area is 197 Å². The van der Waals surface area contributed by atoms with Crippen LogP contribution in [-0.4, -0.2) is 9.97 Å². The van der Waals surface area contributed by atoms with Crippen LogP contribution in [0.5, 0.6) is 0 Å². The van der Waals surface area contributed by atoms with E-state index in [9.17, 15) is 0 Å². The van der Waals surface area contributed by atoms with Gasteiger partial charge in [0, 0.05) is 18.0 Å². The largest absolute Gasteiger partial charge is 0.236 e. The molecule has 0 saturated heterocycles. The van der Waals surface area contributed by atoms with Gasteiger partial charge in [-0.3, -0.25) is 0 Å². The molecule has 0 radical (unpaired) electrons. The van der Waals surface area contributed by atoms with Crippen LogP contribution in [0.3, 0.4) is 0 Å². The molecule has 0 unspecified atom stereocenters. The molecule has 1 aliphatic rings. The van der Waals surface area contributed by atoms with Gasteiger partial charge >= 0.3 is 0 Å². The lowest BCUT2D eigenvalue weighted by Gasteiger charge is -2.28. The molecule has 0 bridgehead atoms. The summed E-state index contributed by atoms with van der Waals surface area (Å²) < 4.78 is 0. The molecule has 1 aromatic carbocycles. The van der Waals surface area contributed by atoms with Gasteiger partial charge in [0.25, 0.3) is 0 Å². The van der Waals surface area contributed by atoms with E-state index in [0.29, 0.717) is 0 Å². The number of unbranched alkanes of at least 4 members (excludes halogenated alkanes) is 6. The molecule has 1 heterocycles. The second-order valence-corrected chi connectivity index (χ2v) is 10.2. The van der Waals surface area contributed by atoms with Gasteiger partial charge in [0.2, 0.25) is 0 Å². The van der Waals surface area contributed by atoms with Crippen LogP contribution in [0, 0.1) is 11.8 Å². The lowest BCUT2D eigenvalue weighted by molar-refractivity contribution is 0.248. The standard InChI is InChI=1S/C30H46N2/c1-3-5-7-8-10-12-25-13-15-27(16-14-25)17-18-28-23-31-30(32-24-28)29-21-19-26(20-22-29)11-9-6-4-2/h19-25,27H,3-18H2,1-2H3/t25-,27-. The van der Waals surface area contributed by atoms with Crippen LogP contribution in [0.15, 0.2) is 36.7 Å². The lowest BCUT2D eigenvalue weighted by Crippen LogP contribution is -2.15. The maximum Gasteiger partial charge on any atom is 0.159 e. The SMILES string of the molecule is CCCCCCC[C@H]1CC[C@H](CCc2cnc(-c3ccc(CCCCC)cc3)nc2)CC1. The predicted octanol–water partition coefficient (Wildman–Crippen LogP) is 8.98. The molecule has 1 saturated carbocycles. The van der Waals surface area contributed by atoms with Crippen LogP contribution in [-0.2, 0) is 12.8 Å². The average molecular weight is 435 g/mol. The van der Waals surface area contributed by atoms with E-state index in [0.717, 1.165) is 29.6 Å². The Morgan fingerprint density at radius 2 is 1.22 bits per heavy atom. The number of aryl methyl sites for hydroxylation is 2. The first kappa shape index (κ1) is 24.9. The molecule has 176 valence electrons. The van der Waals surface area contributed by atoms with Crippen LogP contribution in [0.1, 0.15) is 115 Å². The van der Waals surface area contributed by atoms with Crippen LogP contribution in [0.2, 0.25) is 0 Å². The molecule has 3 rings (SSSR count). The zero-order valence-corrected chi connectivity index (χ0v) is 20.8. The molecule has 0 spiro atoms. The highest BCUT2D eigenvalue weighted by atomic mass is 14.9. The van der Waals surface area contributed by atoms with Crippen molar-refractivity contribution >= 4 is 0 Å². The molecule has 0 amide bonds. The highest BCUT2D eigenvalue weighted by Gasteiger charge is 2.20. The molecule has 2 nitrogen and oxygen atoms in total. The summed E-state index contributed by atoms with van der Waals surface area (Å²) in [6.45, 7) is 4.56. The zero-order valence-electron chi connectivity index (χ0n) is 20.8. The smallest absolute Gasteiger partial charge is 0.159 e. The number of benzene rings is 1. The number of aromatic nitrogens is 2. The number of hydrogen-bond acceptors (Lipinski definition) is 2. The van der Waals surface area contributed by atoms with Gasteiger partial charge in [0.15, 0.2) is 5.82 Å². The second kappa shape index (κ2) is 14.4. The molecule has 32 heavy (non-hydrogen) atoms. The third kappa shape index (κ3) is 8.68. The number of nitrogens with zero attached hydrogens (tertiary/aromatic N) is 2. The van der Waals surface area contributed by atoms with Gasteiger partial charge in [0.05, 0.1) is 0 Å². The van der Waals surface area contributed by atoms with E-state index in [1.54, 1.807) is 0 Å². The summed E-state index contributed by atoms with van der Waals surface area (Å²) in [5.41, 5.74) is 3.84. The fourth-order valence-corrected chi connectivity index (χ4v) is 5.25. The number of rotatable bonds is 14. The molecule has 2 aromatic rings. The van der Waals surface area contributed by atoms with Crippen molar-refractivity contribution in [1.29, 1.82) is 0 Å². The van der Waals surface area contributed by atoms with E-state index in [1.165, 1.54) is 107 Å². The lowest BCUT2D eigenvalue weighted by atomic mass is 9.78. The normalized spacial score (nSPS) is 18.7. The maximum absolute atomic E-state index is 4.67. The highest BCUT2D eigenvalue weighted by molar-refractivity contribution is 5.55. The minimum atomic E-state index is 0.855. The van der Waals surface area contributed by atoms with Gasteiger partial charge in [-0.05, 0) is 48.6 Å². The minimum Gasteiger partial charge on any atom is -0.236 e. The fourth-order valence-electron chi connectivity index (χ4n) is 5.25. The Morgan fingerprint density at radius 3 is 1.88 bits per heavy atom. The molecule has 1 fully saturated rings. The van der Waals surface area contributed by atoms with Crippen molar-refractivity contribution in [3.05, 3.63) is 47.8 Å². The molecule has 2 heteroatoms. The predicted molar refractivity (Wildman–Crippen MR) is 138 cm³/mol. The summed E-state index contributed by atoms with van der Waals surface area (Å²) in [6, 6.07) is 8.84. The Balaban J connectivity index is 1.35. The summed E-state index contributed by atoms with van der Waals surface area (Å²) in [5.74, 6) is 2.77. The summed E-state index contributed by atoms with van der Waals surface area (Å²) in [7, 11) is 0. The Bertz CT molecular complexity index is 726. The first-order valence-corrected chi connectivity index (χ1v) is 13.7. The monoisotopic (exact) mass is 434 g/mol. The molecular formula is C30H46N2. The van der Waals surface area contributed by atoms with Crippen LogP contribution in [0.25, 0.3) is 11.4 Å². The van der Waals surface area contributed by atoms with E-state index in [-0.39, 0.29) is 0 Å². The van der Waals surface area contributed by atoms with Crippen molar-refractivity contribution in [3.63, 3.8) is 0 Å². The molecule has 0 atom stereocenters. The van der Waals surface area contributed by atoms with Gasteiger partial charge in [-0.15, -0.1) is 0 Å². The molecule has 1 aliphatic carbocycles. The van der Waals surface area contributed by atoms with Gasteiger partial charge in [-0.25, -0.2) is 9.97 Å². The van der Waals surface area contributed by atoms with E-state index < -0.39 is 0 Å². The van der Waals surface area contributed by atoms with Crippen LogP contribution >= 0.6 is 0 Å². The Morgan fingerprint density at radius 1 is 0.625 bits per heavy atom. The summed E-state index contributed by atoms with van der Waals surface area (Å²) >= 11 is 0. The number of hydrogen-bond donors (Lipinski definition) is 0. The van der Waals surface area contributed by atoms with Crippen molar-refractivity contribution in [2.24, 2.45) is 11.8 Å². The molecule has 1 aromatic heterocycles. The van der Waals surface area contributed by atoms with Gasteiger partial charge in [-0.1, -0.05) is 115 Å². The Hall–Kier alpha value is -1.70. The summed E-state index contributed by atoms with van der Waals surface area (Å²) in [6.07, 6.45) is 26.0. The van der Waals surface area contributed by atoms with Crippen LogP contribution in [0.4, 0.5) is 0 Å². The van der Waals surface area contributed by atoms with E-state index in [1.807, 2.05) is 0 Å². The summed E-state index contributed by atoms with van der Waals surface area (Å²) in [4.78, 5) is 9.35. The van der Waals surface area contributed by atoms with Gasteiger partial charge in [0.1, 0.15) is 0 Å². The Kier molecular flexibility index (Phi) is 11.3. The molecule has 0 N–H and O–H groups in total. The quantitative estimate of drug-likeness (QED) is 0.277. The molecular weight excluding hydrogens is 388 g/mol. The van der Waals surface area contributed by atoms with E-state index >= 15 is 0 Å². The highest BCUT2D eigenvalue weighted by Crippen LogP contribution is 2.34. The minimum absolute atomic E-state index is 0.855. The third-order valence-electron chi connectivity index (χ3n) is 7.51. The zero-order chi connectivity index (χ0) is 22.4. The fraction of sp³-hybridized carbons (Fsp3) is 0.667. The average Bonchev–Trinajstić information content (AvgIpc) is 2.84.